The molecule has 0 aromatic carbocycles. The van der Waals surface area contributed by atoms with Gasteiger partial charge in [-0.25, -0.2) is 4.98 Å². The van der Waals surface area contributed by atoms with Crippen LogP contribution in [0, 0.1) is 5.41 Å². The Bertz CT molecular complexity index is 495. The number of nitrogens with zero attached hydrogens (tertiary/aromatic N) is 2. The summed E-state index contributed by atoms with van der Waals surface area (Å²) in [7, 11) is 0. The Balaban J connectivity index is 2.35. The van der Waals surface area contributed by atoms with Crippen molar-refractivity contribution in [2.75, 3.05) is 18.0 Å². The normalized spacial score (nSPS) is 18.3. The summed E-state index contributed by atoms with van der Waals surface area (Å²) in [6.07, 6.45) is -1.38. The van der Waals surface area contributed by atoms with Crippen molar-refractivity contribution in [1.82, 2.24) is 4.98 Å². The molecule has 0 bridgehead atoms. The SMILES string of the molecule is CCC1(CC)CCN(c2nc(C(F)(F)F)ccc2CN)C1. The van der Waals surface area contributed by atoms with E-state index in [1.165, 1.54) is 6.07 Å². The molecule has 21 heavy (non-hydrogen) atoms. The molecule has 1 fully saturated rings. The molecule has 1 aromatic heterocycles. The van der Waals surface area contributed by atoms with E-state index in [0.717, 1.165) is 38.4 Å². The van der Waals surface area contributed by atoms with Crippen LogP contribution in [-0.2, 0) is 12.7 Å². The van der Waals surface area contributed by atoms with E-state index in [9.17, 15) is 13.2 Å². The van der Waals surface area contributed by atoms with Gasteiger partial charge in [0.15, 0.2) is 0 Å². The second kappa shape index (κ2) is 5.83. The summed E-state index contributed by atoms with van der Waals surface area (Å²) < 4.78 is 38.6. The maximum absolute atomic E-state index is 12.9. The van der Waals surface area contributed by atoms with Gasteiger partial charge in [0.1, 0.15) is 11.5 Å². The van der Waals surface area contributed by atoms with Crippen molar-refractivity contribution in [3.8, 4) is 0 Å². The maximum Gasteiger partial charge on any atom is 0.433 e. The van der Waals surface area contributed by atoms with Gasteiger partial charge in [0.25, 0.3) is 0 Å². The summed E-state index contributed by atoms with van der Waals surface area (Å²) >= 11 is 0. The number of nitrogens with two attached hydrogens (primary N) is 1. The lowest BCUT2D eigenvalue weighted by Crippen LogP contribution is -2.28. The summed E-state index contributed by atoms with van der Waals surface area (Å²) in [5, 5.41) is 0. The molecule has 118 valence electrons. The first-order chi connectivity index (χ1) is 9.85. The van der Waals surface area contributed by atoms with Crippen molar-refractivity contribution in [3.63, 3.8) is 0 Å². The average molecular weight is 301 g/mol. The molecule has 1 aliphatic rings. The van der Waals surface area contributed by atoms with Crippen LogP contribution in [0.4, 0.5) is 19.0 Å². The van der Waals surface area contributed by atoms with Gasteiger partial charge in [0.05, 0.1) is 0 Å². The topological polar surface area (TPSA) is 42.2 Å². The average Bonchev–Trinajstić information content (AvgIpc) is 2.90. The van der Waals surface area contributed by atoms with Gasteiger partial charge in [-0.2, -0.15) is 13.2 Å². The largest absolute Gasteiger partial charge is 0.433 e. The second-order valence-electron chi connectivity index (χ2n) is 5.76. The zero-order valence-corrected chi connectivity index (χ0v) is 12.5. The minimum absolute atomic E-state index is 0.182. The van der Waals surface area contributed by atoms with Crippen LogP contribution in [0.1, 0.15) is 44.4 Å². The zero-order chi connectivity index (χ0) is 15.7. The van der Waals surface area contributed by atoms with E-state index in [1.807, 2.05) is 4.90 Å². The molecule has 0 radical (unpaired) electrons. The van der Waals surface area contributed by atoms with Crippen molar-refractivity contribution in [3.05, 3.63) is 23.4 Å². The van der Waals surface area contributed by atoms with E-state index >= 15 is 0 Å². The van der Waals surface area contributed by atoms with Gasteiger partial charge in [0.2, 0.25) is 0 Å². The van der Waals surface area contributed by atoms with Crippen LogP contribution in [0.2, 0.25) is 0 Å². The van der Waals surface area contributed by atoms with E-state index in [0.29, 0.717) is 11.4 Å². The fourth-order valence-corrected chi connectivity index (χ4v) is 3.01. The quantitative estimate of drug-likeness (QED) is 0.924. The van der Waals surface area contributed by atoms with E-state index in [2.05, 4.69) is 18.8 Å². The number of pyridine rings is 1. The lowest BCUT2D eigenvalue weighted by Gasteiger charge is -2.27. The molecule has 3 nitrogen and oxygen atoms in total. The van der Waals surface area contributed by atoms with Gasteiger partial charge < -0.3 is 10.6 Å². The van der Waals surface area contributed by atoms with Crippen molar-refractivity contribution < 1.29 is 13.2 Å². The summed E-state index contributed by atoms with van der Waals surface area (Å²) in [5.41, 5.74) is 5.67. The number of aromatic nitrogens is 1. The maximum atomic E-state index is 12.9. The highest BCUT2D eigenvalue weighted by Crippen LogP contribution is 2.40. The van der Waals surface area contributed by atoms with Crippen molar-refractivity contribution in [2.24, 2.45) is 11.1 Å². The van der Waals surface area contributed by atoms with Gasteiger partial charge >= 0.3 is 6.18 Å². The van der Waals surface area contributed by atoms with Crippen LogP contribution < -0.4 is 10.6 Å². The smallest absolute Gasteiger partial charge is 0.356 e. The second-order valence-corrected chi connectivity index (χ2v) is 5.76. The highest BCUT2D eigenvalue weighted by Gasteiger charge is 2.38. The lowest BCUT2D eigenvalue weighted by atomic mass is 9.82. The first kappa shape index (κ1) is 16.1. The molecule has 1 saturated heterocycles. The van der Waals surface area contributed by atoms with Crippen LogP contribution in [0.5, 0.6) is 0 Å². The molecule has 2 rings (SSSR count). The minimum atomic E-state index is -4.42. The zero-order valence-electron chi connectivity index (χ0n) is 12.5. The Labute approximate surface area is 123 Å². The summed E-state index contributed by atoms with van der Waals surface area (Å²) in [5.74, 6) is 0.399. The molecular weight excluding hydrogens is 279 g/mol. The highest BCUT2D eigenvalue weighted by molar-refractivity contribution is 5.49. The molecule has 2 N–H and O–H groups in total. The molecule has 0 amide bonds. The fraction of sp³-hybridized carbons (Fsp3) is 0.667. The number of hydrogen-bond acceptors (Lipinski definition) is 3. The molecular formula is C15H22F3N3. The van der Waals surface area contributed by atoms with Crippen molar-refractivity contribution >= 4 is 5.82 Å². The van der Waals surface area contributed by atoms with Gasteiger partial charge in [0, 0.05) is 25.2 Å². The number of hydrogen-bond donors (Lipinski definition) is 1. The Morgan fingerprint density at radius 2 is 1.95 bits per heavy atom. The molecule has 1 aliphatic heterocycles. The van der Waals surface area contributed by atoms with Crippen LogP contribution in [-0.4, -0.2) is 18.1 Å². The molecule has 0 spiro atoms. The first-order valence-electron chi connectivity index (χ1n) is 7.37. The summed E-state index contributed by atoms with van der Waals surface area (Å²) in [4.78, 5) is 5.81. The highest BCUT2D eigenvalue weighted by atomic mass is 19.4. The monoisotopic (exact) mass is 301 g/mol. The van der Waals surface area contributed by atoms with Gasteiger partial charge in [-0.15, -0.1) is 0 Å². The van der Waals surface area contributed by atoms with E-state index in [4.69, 9.17) is 5.73 Å². The Morgan fingerprint density at radius 3 is 2.43 bits per heavy atom. The third kappa shape index (κ3) is 3.15. The van der Waals surface area contributed by atoms with Crippen molar-refractivity contribution in [1.29, 1.82) is 0 Å². The number of alkyl halides is 3. The van der Waals surface area contributed by atoms with Gasteiger partial charge in [-0.05, 0) is 30.7 Å². The molecule has 6 heteroatoms. The molecule has 1 aromatic rings. The van der Waals surface area contributed by atoms with Gasteiger partial charge in [-0.3, -0.25) is 0 Å². The molecule has 0 unspecified atom stereocenters. The predicted molar refractivity (Wildman–Crippen MR) is 77.0 cm³/mol. The predicted octanol–water partition coefficient (Wildman–Crippen LogP) is 3.58. The summed E-state index contributed by atoms with van der Waals surface area (Å²) in [6, 6.07) is 2.46. The molecule has 0 saturated carbocycles. The van der Waals surface area contributed by atoms with Crippen LogP contribution in [0.15, 0.2) is 12.1 Å². The molecule has 0 aliphatic carbocycles. The van der Waals surface area contributed by atoms with E-state index in [1.54, 1.807) is 0 Å². The third-order valence-corrected chi connectivity index (χ3v) is 4.70. The van der Waals surface area contributed by atoms with Crippen LogP contribution in [0.25, 0.3) is 0 Å². The van der Waals surface area contributed by atoms with Gasteiger partial charge in [-0.1, -0.05) is 19.9 Å². The number of halogens is 3. The molecule has 0 atom stereocenters. The summed E-state index contributed by atoms with van der Waals surface area (Å²) in [6.45, 7) is 5.96. The number of rotatable bonds is 4. The standard InChI is InChI=1S/C15H22F3N3/c1-3-14(4-2)7-8-21(10-14)13-11(9-19)5-6-12(20-13)15(16,17)18/h5-6H,3-4,7-10,19H2,1-2H3. The first-order valence-corrected chi connectivity index (χ1v) is 7.37. The van der Waals surface area contributed by atoms with E-state index in [-0.39, 0.29) is 12.0 Å². The Morgan fingerprint density at radius 1 is 1.29 bits per heavy atom. The Kier molecular flexibility index (Phi) is 4.46. The van der Waals surface area contributed by atoms with E-state index < -0.39 is 11.9 Å². The van der Waals surface area contributed by atoms with Crippen LogP contribution >= 0.6 is 0 Å². The van der Waals surface area contributed by atoms with Crippen molar-refractivity contribution in [2.45, 2.75) is 45.8 Å². The minimum Gasteiger partial charge on any atom is -0.356 e. The third-order valence-electron chi connectivity index (χ3n) is 4.70. The number of anilines is 1. The fourth-order valence-electron chi connectivity index (χ4n) is 3.01. The lowest BCUT2D eigenvalue weighted by molar-refractivity contribution is -0.141. The molecule has 2 heterocycles. The Hall–Kier alpha value is -1.30. The van der Waals surface area contributed by atoms with Crippen LogP contribution in [0.3, 0.4) is 0 Å².